The Morgan fingerprint density at radius 1 is 0.909 bits per heavy atom. The van der Waals surface area contributed by atoms with Crippen molar-refractivity contribution >= 4 is 22.6 Å². The van der Waals surface area contributed by atoms with Crippen LogP contribution in [0.3, 0.4) is 0 Å². The van der Waals surface area contributed by atoms with E-state index >= 15 is 0 Å². The zero-order valence-corrected chi connectivity index (χ0v) is 18.4. The summed E-state index contributed by atoms with van der Waals surface area (Å²) in [7, 11) is 1.72. The van der Waals surface area contributed by atoms with Crippen molar-refractivity contribution in [3.63, 3.8) is 0 Å². The summed E-state index contributed by atoms with van der Waals surface area (Å²) < 4.78 is 2.80. The summed E-state index contributed by atoms with van der Waals surface area (Å²) in [6.45, 7) is 2.75. The van der Waals surface area contributed by atoms with Crippen LogP contribution in [-0.4, -0.2) is 51.1 Å². The summed E-state index contributed by atoms with van der Waals surface area (Å²) in [5.41, 5.74) is 2.02. The maximum atomic E-state index is 13.3. The van der Waals surface area contributed by atoms with Crippen molar-refractivity contribution in [2.45, 2.75) is 6.54 Å². The number of para-hydroxylation sites is 1. The molecule has 0 bridgehead atoms. The summed E-state index contributed by atoms with van der Waals surface area (Å²) in [4.78, 5) is 46.1. The largest absolute Gasteiger partial charge is 0.368 e. The Kier molecular flexibility index (Phi) is 5.34. The predicted molar refractivity (Wildman–Crippen MR) is 128 cm³/mol. The topological polar surface area (TPSA) is 83.3 Å². The second kappa shape index (κ2) is 8.46. The Balaban J connectivity index is 1.43. The first-order valence-corrected chi connectivity index (χ1v) is 11.0. The van der Waals surface area contributed by atoms with Gasteiger partial charge in [0.15, 0.2) is 0 Å². The molecule has 0 spiro atoms. The second-order valence-electron chi connectivity index (χ2n) is 8.30. The highest BCUT2D eigenvalue weighted by molar-refractivity contribution is 6.05. The summed E-state index contributed by atoms with van der Waals surface area (Å²) >= 11 is 0. The number of carbonyl (C=O) groups excluding carboxylic acids is 1. The Hall–Kier alpha value is -4.07. The van der Waals surface area contributed by atoms with Gasteiger partial charge in [-0.05, 0) is 17.7 Å². The third-order valence-electron chi connectivity index (χ3n) is 6.21. The number of H-pyrrole nitrogens is 1. The molecule has 8 heteroatoms. The van der Waals surface area contributed by atoms with Crippen LogP contribution in [0.5, 0.6) is 0 Å². The molecule has 168 valence electrons. The minimum atomic E-state index is -0.523. The van der Waals surface area contributed by atoms with Crippen LogP contribution in [0.25, 0.3) is 11.0 Å². The molecule has 2 aromatic heterocycles. The van der Waals surface area contributed by atoms with E-state index in [9.17, 15) is 14.4 Å². The fourth-order valence-corrected chi connectivity index (χ4v) is 4.45. The van der Waals surface area contributed by atoms with Gasteiger partial charge in [-0.2, -0.15) is 0 Å². The van der Waals surface area contributed by atoms with Crippen molar-refractivity contribution in [1.29, 1.82) is 0 Å². The molecule has 0 aliphatic carbocycles. The number of rotatable bonds is 4. The van der Waals surface area contributed by atoms with E-state index in [-0.39, 0.29) is 12.5 Å². The SMILES string of the molecule is Cn1cc(C(=O)N2CCN(c3ccccc3)CC2)c2[nH]c(=O)n(Cc3ccccc3)c(=O)c21. The van der Waals surface area contributed by atoms with Gasteiger partial charge >= 0.3 is 5.69 Å². The van der Waals surface area contributed by atoms with Gasteiger partial charge < -0.3 is 19.4 Å². The zero-order chi connectivity index (χ0) is 22.9. The summed E-state index contributed by atoms with van der Waals surface area (Å²) in [5, 5.41) is 0. The first-order valence-electron chi connectivity index (χ1n) is 11.0. The van der Waals surface area contributed by atoms with Crippen LogP contribution < -0.4 is 16.1 Å². The lowest BCUT2D eigenvalue weighted by Crippen LogP contribution is -2.48. The molecule has 8 nitrogen and oxygen atoms in total. The van der Waals surface area contributed by atoms with Crippen molar-refractivity contribution in [1.82, 2.24) is 19.0 Å². The number of aromatic amines is 1. The molecule has 0 saturated carbocycles. The van der Waals surface area contributed by atoms with Gasteiger partial charge in [0.05, 0.1) is 17.6 Å². The van der Waals surface area contributed by atoms with E-state index in [0.717, 1.165) is 24.3 Å². The van der Waals surface area contributed by atoms with Crippen LogP contribution >= 0.6 is 0 Å². The Labute approximate surface area is 190 Å². The van der Waals surface area contributed by atoms with Crippen LogP contribution in [0.4, 0.5) is 5.69 Å². The van der Waals surface area contributed by atoms with Gasteiger partial charge in [0.2, 0.25) is 0 Å². The molecule has 0 unspecified atom stereocenters. The Bertz CT molecular complexity index is 1410. The van der Waals surface area contributed by atoms with Gasteiger partial charge in [-0.1, -0.05) is 48.5 Å². The van der Waals surface area contributed by atoms with E-state index in [4.69, 9.17) is 0 Å². The zero-order valence-electron chi connectivity index (χ0n) is 18.4. The molecule has 1 aliphatic rings. The minimum absolute atomic E-state index is 0.168. The fraction of sp³-hybridized carbons (Fsp3) is 0.240. The molecule has 1 aliphatic heterocycles. The van der Waals surface area contributed by atoms with E-state index in [2.05, 4.69) is 22.0 Å². The van der Waals surface area contributed by atoms with E-state index in [1.165, 1.54) is 4.57 Å². The van der Waals surface area contributed by atoms with Gasteiger partial charge in [-0.25, -0.2) is 4.79 Å². The van der Waals surface area contributed by atoms with E-state index < -0.39 is 11.2 Å². The lowest BCUT2D eigenvalue weighted by Gasteiger charge is -2.36. The third-order valence-corrected chi connectivity index (χ3v) is 6.21. The average Bonchev–Trinajstić information content (AvgIpc) is 3.18. The molecule has 5 rings (SSSR count). The van der Waals surface area contributed by atoms with E-state index in [0.29, 0.717) is 29.7 Å². The molecule has 2 aromatic carbocycles. The van der Waals surface area contributed by atoms with Gasteiger partial charge in [-0.15, -0.1) is 0 Å². The number of carbonyl (C=O) groups is 1. The molecule has 0 radical (unpaired) electrons. The summed E-state index contributed by atoms with van der Waals surface area (Å²) in [6.07, 6.45) is 1.64. The third kappa shape index (κ3) is 3.84. The lowest BCUT2D eigenvalue weighted by atomic mass is 10.2. The normalized spacial score (nSPS) is 14.1. The molecular weight excluding hydrogens is 418 g/mol. The maximum Gasteiger partial charge on any atom is 0.329 e. The number of benzene rings is 2. The number of anilines is 1. The number of amides is 1. The fourth-order valence-electron chi connectivity index (χ4n) is 4.45. The van der Waals surface area contributed by atoms with Crippen LogP contribution in [0.15, 0.2) is 76.4 Å². The first-order chi connectivity index (χ1) is 16.0. The van der Waals surface area contributed by atoms with Crippen LogP contribution in [0.1, 0.15) is 15.9 Å². The molecule has 1 N–H and O–H groups in total. The molecular formula is C25H25N5O3. The smallest absolute Gasteiger partial charge is 0.329 e. The molecule has 4 aromatic rings. The van der Waals surface area contributed by atoms with Gasteiger partial charge in [0, 0.05) is 45.1 Å². The number of aryl methyl sites for hydroxylation is 1. The molecule has 1 fully saturated rings. The minimum Gasteiger partial charge on any atom is -0.368 e. The van der Waals surface area contributed by atoms with Crippen LogP contribution in [0, 0.1) is 0 Å². The number of hydrogen-bond acceptors (Lipinski definition) is 4. The van der Waals surface area contributed by atoms with Gasteiger partial charge in [0.25, 0.3) is 11.5 Å². The summed E-state index contributed by atoms with van der Waals surface area (Å²) in [6, 6.07) is 19.5. The van der Waals surface area contributed by atoms with Gasteiger partial charge in [0.1, 0.15) is 5.52 Å². The molecule has 1 amide bonds. The number of hydrogen-bond donors (Lipinski definition) is 1. The molecule has 33 heavy (non-hydrogen) atoms. The highest BCUT2D eigenvalue weighted by Crippen LogP contribution is 2.20. The Morgan fingerprint density at radius 2 is 1.55 bits per heavy atom. The maximum absolute atomic E-state index is 13.3. The van der Waals surface area contributed by atoms with E-state index in [1.807, 2.05) is 48.5 Å². The molecule has 0 atom stereocenters. The highest BCUT2D eigenvalue weighted by atomic mass is 16.2. The average molecular weight is 444 g/mol. The standard InChI is InChI=1S/C25H25N5O3/c1-27-17-20(23(31)29-14-12-28(13-15-29)19-10-6-3-7-11-19)21-22(27)24(32)30(25(33)26-21)16-18-8-4-2-5-9-18/h2-11,17H,12-16H2,1H3,(H,26,33). The van der Waals surface area contributed by atoms with Crippen molar-refractivity contribution in [2.24, 2.45) is 7.05 Å². The molecule has 1 saturated heterocycles. The number of nitrogens with one attached hydrogen (secondary N) is 1. The van der Waals surface area contributed by atoms with Crippen molar-refractivity contribution < 1.29 is 4.79 Å². The Morgan fingerprint density at radius 3 is 2.21 bits per heavy atom. The quantitative estimate of drug-likeness (QED) is 0.523. The number of aromatic nitrogens is 3. The van der Waals surface area contributed by atoms with Crippen molar-refractivity contribution in [3.05, 3.63) is 98.8 Å². The predicted octanol–water partition coefficient (Wildman–Crippen LogP) is 2.04. The van der Waals surface area contributed by atoms with Crippen LogP contribution in [0.2, 0.25) is 0 Å². The monoisotopic (exact) mass is 443 g/mol. The number of nitrogens with zero attached hydrogens (tertiary/aromatic N) is 4. The first kappa shape index (κ1) is 20.8. The summed E-state index contributed by atoms with van der Waals surface area (Å²) in [5.74, 6) is -0.177. The van der Waals surface area contributed by atoms with Crippen LogP contribution in [-0.2, 0) is 13.6 Å². The molecule has 3 heterocycles. The highest BCUT2D eigenvalue weighted by Gasteiger charge is 2.26. The second-order valence-corrected chi connectivity index (χ2v) is 8.30. The van der Waals surface area contributed by atoms with E-state index in [1.54, 1.807) is 22.7 Å². The number of piperazine rings is 1. The van der Waals surface area contributed by atoms with Gasteiger partial charge in [-0.3, -0.25) is 14.2 Å². The van der Waals surface area contributed by atoms with Crippen molar-refractivity contribution in [2.75, 3.05) is 31.1 Å². The lowest BCUT2D eigenvalue weighted by molar-refractivity contribution is 0.0748. The van der Waals surface area contributed by atoms with Crippen molar-refractivity contribution in [3.8, 4) is 0 Å². The number of fused-ring (bicyclic) bond motifs is 1.